The molecule has 0 saturated heterocycles. The molecule has 27 heavy (non-hydrogen) atoms. The fraction of sp³-hybridized carbons (Fsp3) is 0.211. The summed E-state index contributed by atoms with van der Waals surface area (Å²) in [5.74, 6) is -0.491. The summed E-state index contributed by atoms with van der Waals surface area (Å²) in [6, 6.07) is 10.1. The molecule has 0 unspecified atom stereocenters. The second-order valence-corrected chi connectivity index (χ2v) is 6.07. The van der Waals surface area contributed by atoms with Gasteiger partial charge in [-0.25, -0.2) is 9.38 Å². The largest absolute Gasteiger partial charge is 0.495 e. The Kier molecular flexibility index (Phi) is 5.35. The summed E-state index contributed by atoms with van der Waals surface area (Å²) >= 11 is 0. The number of benzene rings is 2. The first kappa shape index (κ1) is 18.4. The van der Waals surface area contributed by atoms with Crippen LogP contribution in [0.3, 0.4) is 0 Å². The van der Waals surface area contributed by atoms with E-state index < -0.39 is 11.9 Å². The van der Waals surface area contributed by atoms with Crippen molar-refractivity contribution in [1.29, 1.82) is 0 Å². The predicted octanol–water partition coefficient (Wildman–Crippen LogP) is 2.44. The number of carbonyl (C=O) groups is 2. The smallest absolute Gasteiger partial charge is 0.249 e. The van der Waals surface area contributed by atoms with E-state index in [-0.39, 0.29) is 24.1 Å². The van der Waals surface area contributed by atoms with Crippen LogP contribution < -0.4 is 20.7 Å². The van der Waals surface area contributed by atoms with Crippen LogP contribution in [0.5, 0.6) is 5.75 Å². The Hall–Kier alpha value is -3.42. The molecular weight excluding hydrogens is 351 g/mol. The zero-order valence-corrected chi connectivity index (χ0v) is 14.9. The molecule has 1 atom stereocenters. The van der Waals surface area contributed by atoms with Gasteiger partial charge < -0.3 is 15.4 Å². The highest BCUT2D eigenvalue weighted by atomic mass is 19.1. The van der Waals surface area contributed by atoms with Crippen molar-refractivity contribution >= 4 is 29.1 Å². The molecule has 7 nitrogen and oxygen atoms in total. The SMILES string of the molecule is COc1ccc(C)cc1NC(=O)[C@H]1CC(=O)NC(Nc2ccc(F)cc2)=N1. The number of aryl methyl sites for hydroxylation is 1. The van der Waals surface area contributed by atoms with Crippen molar-refractivity contribution in [3.8, 4) is 5.75 Å². The molecule has 0 aromatic heterocycles. The highest BCUT2D eigenvalue weighted by Gasteiger charge is 2.27. The van der Waals surface area contributed by atoms with E-state index in [0.717, 1.165) is 5.56 Å². The number of hydrogen-bond acceptors (Lipinski definition) is 5. The molecule has 2 aromatic rings. The van der Waals surface area contributed by atoms with Crippen molar-refractivity contribution in [1.82, 2.24) is 5.32 Å². The van der Waals surface area contributed by atoms with Crippen LogP contribution in [-0.2, 0) is 9.59 Å². The molecule has 140 valence electrons. The number of nitrogens with one attached hydrogen (secondary N) is 3. The van der Waals surface area contributed by atoms with Gasteiger partial charge in [-0.3, -0.25) is 14.9 Å². The van der Waals surface area contributed by atoms with E-state index >= 15 is 0 Å². The molecule has 0 aliphatic carbocycles. The molecule has 3 rings (SSSR count). The minimum atomic E-state index is -0.896. The number of hydrogen-bond donors (Lipinski definition) is 3. The number of anilines is 2. The molecule has 8 heteroatoms. The maximum Gasteiger partial charge on any atom is 0.249 e. The number of amides is 2. The van der Waals surface area contributed by atoms with Gasteiger partial charge in [0.15, 0.2) is 0 Å². The first-order valence-corrected chi connectivity index (χ1v) is 8.30. The van der Waals surface area contributed by atoms with E-state index in [1.807, 2.05) is 13.0 Å². The average Bonchev–Trinajstić information content (AvgIpc) is 2.63. The van der Waals surface area contributed by atoms with Gasteiger partial charge >= 0.3 is 0 Å². The van der Waals surface area contributed by atoms with E-state index in [4.69, 9.17) is 4.74 Å². The van der Waals surface area contributed by atoms with Crippen LogP contribution in [0, 0.1) is 12.7 Å². The lowest BCUT2D eigenvalue weighted by molar-refractivity contribution is -0.124. The molecule has 3 N–H and O–H groups in total. The number of aliphatic imine (C=N–C) groups is 1. The average molecular weight is 370 g/mol. The van der Waals surface area contributed by atoms with E-state index in [0.29, 0.717) is 17.1 Å². The van der Waals surface area contributed by atoms with Crippen molar-refractivity contribution in [2.45, 2.75) is 19.4 Å². The van der Waals surface area contributed by atoms with Gasteiger partial charge in [-0.05, 0) is 48.9 Å². The van der Waals surface area contributed by atoms with Crippen molar-refractivity contribution in [3.63, 3.8) is 0 Å². The van der Waals surface area contributed by atoms with E-state index in [1.165, 1.54) is 31.4 Å². The number of nitrogens with zero attached hydrogens (tertiary/aromatic N) is 1. The second kappa shape index (κ2) is 7.86. The Bertz CT molecular complexity index is 896. The Labute approximate surface area is 155 Å². The third kappa shape index (κ3) is 4.60. The normalized spacial score (nSPS) is 16.2. The lowest BCUT2D eigenvalue weighted by Crippen LogP contribution is -2.45. The third-order valence-electron chi connectivity index (χ3n) is 3.94. The van der Waals surface area contributed by atoms with Crippen LogP contribution in [0.2, 0.25) is 0 Å². The summed E-state index contributed by atoms with van der Waals surface area (Å²) in [5.41, 5.74) is 2.00. The molecule has 1 aliphatic rings. The Morgan fingerprint density at radius 2 is 2.00 bits per heavy atom. The van der Waals surface area contributed by atoms with Gasteiger partial charge in [0.2, 0.25) is 17.8 Å². The van der Waals surface area contributed by atoms with Gasteiger partial charge in [0.1, 0.15) is 17.6 Å². The molecule has 0 radical (unpaired) electrons. The Morgan fingerprint density at radius 3 is 2.70 bits per heavy atom. The van der Waals surface area contributed by atoms with Crippen LogP contribution in [-0.4, -0.2) is 30.9 Å². The summed E-state index contributed by atoms with van der Waals surface area (Å²) in [7, 11) is 1.51. The van der Waals surface area contributed by atoms with Crippen molar-refractivity contribution in [2.24, 2.45) is 4.99 Å². The zero-order valence-electron chi connectivity index (χ0n) is 14.9. The van der Waals surface area contributed by atoms with Crippen LogP contribution >= 0.6 is 0 Å². The van der Waals surface area contributed by atoms with Crippen molar-refractivity contribution < 1.29 is 18.7 Å². The quantitative estimate of drug-likeness (QED) is 0.771. The number of guanidine groups is 1. The monoisotopic (exact) mass is 370 g/mol. The van der Waals surface area contributed by atoms with Gasteiger partial charge in [0, 0.05) is 5.69 Å². The highest BCUT2D eigenvalue weighted by molar-refractivity contribution is 6.10. The summed E-state index contributed by atoms with van der Waals surface area (Å²) in [6.45, 7) is 1.89. The lowest BCUT2D eigenvalue weighted by atomic mass is 10.1. The van der Waals surface area contributed by atoms with Gasteiger partial charge in [0.25, 0.3) is 0 Å². The predicted molar refractivity (Wildman–Crippen MR) is 100 cm³/mol. The topological polar surface area (TPSA) is 91.8 Å². The second-order valence-electron chi connectivity index (χ2n) is 6.07. The Balaban J connectivity index is 1.76. The lowest BCUT2D eigenvalue weighted by Gasteiger charge is -2.21. The van der Waals surface area contributed by atoms with Crippen molar-refractivity contribution in [3.05, 3.63) is 53.8 Å². The first-order chi connectivity index (χ1) is 12.9. The van der Waals surface area contributed by atoms with Gasteiger partial charge in [-0.1, -0.05) is 6.07 Å². The number of ether oxygens (including phenoxy) is 1. The van der Waals surface area contributed by atoms with Crippen LogP contribution in [0.1, 0.15) is 12.0 Å². The van der Waals surface area contributed by atoms with Crippen LogP contribution in [0.25, 0.3) is 0 Å². The fourth-order valence-corrected chi connectivity index (χ4v) is 2.61. The summed E-state index contributed by atoms with van der Waals surface area (Å²) in [6.07, 6.45) is -0.0748. The molecule has 0 bridgehead atoms. The van der Waals surface area contributed by atoms with E-state index in [2.05, 4.69) is 20.9 Å². The summed E-state index contributed by atoms with van der Waals surface area (Å²) in [4.78, 5) is 28.8. The molecule has 0 saturated carbocycles. The van der Waals surface area contributed by atoms with Gasteiger partial charge in [-0.15, -0.1) is 0 Å². The molecule has 1 heterocycles. The van der Waals surface area contributed by atoms with E-state index in [1.54, 1.807) is 12.1 Å². The van der Waals surface area contributed by atoms with Gasteiger partial charge in [0.05, 0.1) is 19.2 Å². The maximum atomic E-state index is 13.0. The highest BCUT2D eigenvalue weighted by Crippen LogP contribution is 2.25. The van der Waals surface area contributed by atoms with Crippen molar-refractivity contribution in [2.75, 3.05) is 17.7 Å². The van der Waals surface area contributed by atoms with E-state index in [9.17, 15) is 14.0 Å². The molecular formula is C19H19FN4O3. The molecule has 1 aliphatic heterocycles. The molecule has 0 spiro atoms. The number of halogens is 1. The standard InChI is InChI=1S/C19H19FN4O3/c1-11-3-8-16(27-2)14(9-11)22-18(26)15-10-17(25)24-19(23-15)21-13-6-4-12(20)5-7-13/h3-9,15H,10H2,1-2H3,(H,22,26)(H2,21,23,24,25)/t15-/m1/s1. The number of methoxy groups -OCH3 is 1. The number of rotatable bonds is 4. The van der Waals surface area contributed by atoms with Crippen LogP contribution in [0.15, 0.2) is 47.5 Å². The fourth-order valence-electron chi connectivity index (χ4n) is 2.61. The zero-order chi connectivity index (χ0) is 19.4. The molecule has 2 amide bonds. The minimum absolute atomic E-state index is 0.0748. The molecule has 2 aromatic carbocycles. The van der Waals surface area contributed by atoms with Gasteiger partial charge in [-0.2, -0.15) is 0 Å². The summed E-state index contributed by atoms with van der Waals surface area (Å²) < 4.78 is 18.2. The summed E-state index contributed by atoms with van der Waals surface area (Å²) in [5, 5.41) is 8.18. The number of carbonyl (C=O) groups excluding carboxylic acids is 2. The molecule has 0 fully saturated rings. The third-order valence-corrected chi connectivity index (χ3v) is 3.94. The maximum absolute atomic E-state index is 13.0. The Morgan fingerprint density at radius 1 is 1.26 bits per heavy atom. The first-order valence-electron chi connectivity index (χ1n) is 8.30. The minimum Gasteiger partial charge on any atom is -0.495 e. The van der Waals surface area contributed by atoms with Crippen LogP contribution in [0.4, 0.5) is 15.8 Å².